The minimum Gasteiger partial charge on any atom is -0.447 e. The Balaban J connectivity index is 1.51. The smallest absolute Gasteiger partial charge is 0.278 e. The number of para-hydroxylation sites is 2. The van der Waals surface area contributed by atoms with Gasteiger partial charge in [0, 0.05) is 23.1 Å². The van der Waals surface area contributed by atoms with Gasteiger partial charge in [0.1, 0.15) is 0 Å². The zero-order chi connectivity index (χ0) is 22.8. The first-order valence-electron chi connectivity index (χ1n) is 10.3. The second kappa shape index (κ2) is 8.87. The number of benzene rings is 3. The van der Waals surface area contributed by atoms with E-state index in [1.54, 1.807) is 18.2 Å². The summed E-state index contributed by atoms with van der Waals surface area (Å²) in [6.45, 7) is 2.05. The fourth-order valence-electron chi connectivity index (χ4n) is 3.56. The number of rotatable bonds is 5. The second-order valence-corrected chi connectivity index (χ2v) is 8.47. The molecule has 0 radical (unpaired) electrons. The monoisotopic (exact) mass is 457 g/mol. The quantitative estimate of drug-likeness (QED) is 0.236. The summed E-state index contributed by atoms with van der Waals surface area (Å²) in [4.78, 5) is 15.8. The zero-order valence-electron chi connectivity index (χ0n) is 17.6. The molecule has 8 nitrogen and oxygen atoms in total. The molecule has 0 fully saturated rings. The van der Waals surface area contributed by atoms with Gasteiger partial charge in [0.05, 0.1) is 10.5 Å². The van der Waals surface area contributed by atoms with E-state index in [9.17, 15) is 10.1 Å². The summed E-state index contributed by atoms with van der Waals surface area (Å²) in [5.41, 5.74) is 4.70. The summed E-state index contributed by atoms with van der Waals surface area (Å²) in [5.74, 6) is 0.959. The first-order chi connectivity index (χ1) is 16.1. The summed E-state index contributed by atoms with van der Waals surface area (Å²) in [6, 6.07) is 22.3. The van der Waals surface area contributed by atoms with Gasteiger partial charge in [-0.15, -0.1) is 10.2 Å². The molecule has 164 valence electrons. The third kappa shape index (κ3) is 4.35. The molecule has 4 aromatic rings. The van der Waals surface area contributed by atoms with Crippen LogP contribution < -0.4 is 10.1 Å². The summed E-state index contributed by atoms with van der Waals surface area (Å²) < 4.78 is 6.18. The van der Waals surface area contributed by atoms with Crippen molar-refractivity contribution in [3.8, 4) is 17.1 Å². The second-order valence-electron chi connectivity index (χ2n) is 7.53. The number of aryl methyl sites for hydroxylation is 1. The van der Waals surface area contributed by atoms with Crippen LogP contribution in [0.1, 0.15) is 22.9 Å². The topological polar surface area (TPSA) is 103 Å². The van der Waals surface area contributed by atoms with Crippen LogP contribution in [0.3, 0.4) is 0 Å². The zero-order valence-corrected chi connectivity index (χ0v) is 18.5. The fraction of sp³-hybridized carbons (Fsp3) is 0.125. The molecule has 0 saturated carbocycles. The van der Waals surface area contributed by atoms with Crippen LogP contribution in [0.15, 0.2) is 78.0 Å². The van der Waals surface area contributed by atoms with E-state index in [1.807, 2.05) is 31.2 Å². The molecule has 0 saturated heterocycles. The van der Waals surface area contributed by atoms with Gasteiger partial charge in [-0.1, -0.05) is 71.9 Å². The van der Waals surface area contributed by atoms with Crippen LogP contribution in [0, 0.1) is 17.0 Å². The van der Waals surface area contributed by atoms with E-state index in [-0.39, 0.29) is 11.6 Å². The van der Waals surface area contributed by atoms with Crippen LogP contribution in [0.4, 0.5) is 11.4 Å². The van der Waals surface area contributed by atoms with Crippen LogP contribution >= 0.6 is 11.8 Å². The number of nitrogens with zero attached hydrogens (tertiary/aromatic N) is 4. The van der Waals surface area contributed by atoms with Crippen LogP contribution in [-0.4, -0.2) is 20.1 Å². The number of hydrogen-bond acceptors (Lipinski definition) is 8. The lowest BCUT2D eigenvalue weighted by Crippen LogP contribution is -2.18. The Morgan fingerprint density at radius 1 is 1.03 bits per heavy atom. The fourth-order valence-corrected chi connectivity index (χ4v) is 4.29. The Hall–Kier alpha value is -3.98. The number of aromatic nitrogens is 3. The van der Waals surface area contributed by atoms with Crippen molar-refractivity contribution < 1.29 is 9.66 Å². The highest BCUT2D eigenvalue weighted by atomic mass is 32.2. The third-order valence-electron chi connectivity index (χ3n) is 5.24. The van der Waals surface area contributed by atoms with Crippen LogP contribution in [0.5, 0.6) is 5.88 Å². The van der Waals surface area contributed by atoms with Gasteiger partial charge in [-0.2, -0.15) is 4.98 Å². The van der Waals surface area contributed by atoms with Gasteiger partial charge in [-0.05, 0) is 24.6 Å². The molecule has 1 aliphatic heterocycles. The van der Waals surface area contributed by atoms with Gasteiger partial charge < -0.3 is 10.1 Å². The van der Waals surface area contributed by atoms with Gasteiger partial charge >= 0.3 is 0 Å². The molecular weight excluding hydrogens is 438 g/mol. The van der Waals surface area contributed by atoms with E-state index in [0.717, 1.165) is 16.8 Å². The summed E-state index contributed by atoms with van der Waals surface area (Å²) >= 11 is 1.45. The number of thioether (sulfide) groups is 1. The molecule has 1 aliphatic rings. The maximum Gasteiger partial charge on any atom is 0.278 e. The third-order valence-corrected chi connectivity index (χ3v) is 6.15. The van der Waals surface area contributed by atoms with Crippen molar-refractivity contribution in [2.24, 2.45) is 0 Å². The van der Waals surface area contributed by atoms with E-state index in [2.05, 4.69) is 44.8 Å². The normalized spacial score (nSPS) is 14.3. The molecule has 0 bridgehead atoms. The van der Waals surface area contributed by atoms with Gasteiger partial charge in [-0.25, -0.2) is 0 Å². The predicted molar refractivity (Wildman–Crippen MR) is 126 cm³/mol. The maximum atomic E-state index is 11.6. The van der Waals surface area contributed by atoms with Gasteiger partial charge in [0.15, 0.2) is 5.69 Å². The van der Waals surface area contributed by atoms with Crippen molar-refractivity contribution >= 4 is 23.1 Å². The number of fused-ring (bicyclic) bond motifs is 3. The van der Waals surface area contributed by atoms with Gasteiger partial charge in [0.25, 0.3) is 5.69 Å². The molecule has 5 rings (SSSR count). The molecule has 1 atom stereocenters. The standard InChI is InChI=1S/C24H19N5O3S/c1-15-10-12-16(13-11-15)14-33-24-26-23-21(27-28-24)17-6-2-4-8-19(17)25-22(32-23)18-7-3-5-9-20(18)29(30)31/h2-13,22,25H,14H2,1H3. The first kappa shape index (κ1) is 20.9. The van der Waals surface area contributed by atoms with Gasteiger partial charge in [-0.3, -0.25) is 10.1 Å². The average Bonchev–Trinajstić information content (AvgIpc) is 3.00. The van der Waals surface area contributed by atoms with E-state index >= 15 is 0 Å². The van der Waals surface area contributed by atoms with Crippen molar-refractivity contribution in [2.45, 2.75) is 24.1 Å². The summed E-state index contributed by atoms with van der Waals surface area (Å²) in [5, 5.41) is 24.0. The molecule has 1 unspecified atom stereocenters. The average molecular weight is 458 g/mol. The van der Waals surface area contributed by atoms with Gasteiger partial charge in [0.2, 0.25) is 17.3 Å². The lowest BCUT2D eigenvalue weighted by molar-refractivity contribution is -0.386. The maximum absolute atomic E-state index is 11.6. The molecular formula is C24H19N5O3S. The Morgan fingerprint density at radius 3 is 2.61 bits per heavy atom. The lowest BCUT2D eigenvalue weighted by Gasteiger charge is -2.19. The molecule has 2 heterocycles. The highest BCUT2D eigenvalue weighted by molar-refractivity contribution is 7.98. The van der Waals surface area contributed by atoms with Crippen LogP contribution in [0.2, 0.25) is 0 Å². The number of hydrogen-bond donors (Lipinski definition) is 1. The van der Waals surface area contributed by atoms with E-state index in [4.69, 9.17) is 4.74 Å². The van der Waals surface area contributed by atoms with E-state index in [1.165, 1.54) is 23.4 Å². The lowest BCUT2D eigenvalue weighted by atomic mass is 10.1. The summed E-state index contributed by atoms with van der Waals surface area (Å²) in [7, 11) is 0. The Labute approximate surface area is 194 Å². The van der Waals surface area contributed by atoms with Crippen LogP contribution in [-0.2, 0) is 5.75 Å². The number of ether oxygens (including phenoxy) is 1. The number of nitro groups is 1. The molecule has 1 aromatic heterocycles. The molecule has 0 spiro atoms. The minimum absolute atomic E-state index is 0.0353. The van der Waals surface area contributed by atoms with Crippen molar-refractivity contribution in [1.82, 2.24) is 15.2 Å². The highest BCUT2D eigenvalue weighted by Crippen LogP contribution is 2.41. The minimum atomic E-state index is -0.819. The predicted octanol–water partition coefficient (Wildman–Crippen LogP) is 5.55. The number of anilines is 1. The molecule has 3 aromatic carbocycles. The first-order valence-corrected chi connectivity index (χ1v) is 11.3. The highest BCUT2D eigenvalue weighted by Gasteiger charge is 2.30. The van der Waals surface area contributed by atoms with Crippen molar-refractivity contribution in [1.29, 1.82) is 0 Å². The van der Waals surface area contributed by atoms with Crippen molar-refractivity contribution in [3.05, 3.63) is 99.6 Å². The number of nitro benzene ring substituents is 1. The van der Waals surface area contributed by atoms with E-state index < -0.39 is 11.2 Å². The Bertz CT molecular complexity index is 1330. The molecule has 9 heteroatoms. The van der Waals surface area contributed by atoms with Crippen molar-refractivity contribution in [2.75, 3.05) is 5.32 Å². The van der Waals surface area contributed by atoms with E-state index in [0.29, 0.717) is 22.2 Å². The molecule has 0 amide bonds. The number of nitrogens with one attached hydrogen (secondary N) is 1. The SMILES string of the molecule is Cc1ccc(CSc2nnc3c(n2)OC(c2ccccc2[N+](=O)[O-])Nc2ccccc2-3)cc1. The molecule has 0 aliphatic carbocycles. The molecule has 33 heavy (non-hydrogen) atoms. The summed E-state index contributed by atoms with van der Waals surface area (Å²) in [6.07, 6.45) is -0.819. The Morgan fingerprint density at radius 2 is 1.79 bits per heavy atom. The van der Waals surface area contributed by atoms with Crippen molar-refractivity contribution in [3.63, 3.8) is 0 Å². The Kier molecular flexibility index (Phi) is 5.62. The molecule has 1 N–H and O–H groups in total. The van der Waals surface area contributed by atoms with Crippen LogP contribution in [0.25, 0.3) is 11.3 Å². The largest absolute Gasteiger partial charge is 0.447 e.